The fourth-order valence-corrected chi connectivity index (χ4v) is 1.89. The molecule has 1 unspecified atom stereocenters. The molecule has 6 heteroatoms. The van der Waals surface area contributed by atoms with E-state index in [1.165, 1.54) is 5.56 Å². The van der Waals surface area contributed by atoms with Crippen LogP contribution >= 0.6 is 12.2 Å². The molecule has 0 amide bonds. The molecule has 0 aliphatic heterocycles. The van der Waals surface area contributed by atoms with Crippen molar-refractivity contribution >= 4 is 23.0 Å². The standard InChI is InChI=1S/C13H17N5S/c1-3-10(2)11-4-6-12(7-5-11)16-13(19)17-18-8-14-15-9-18/h4-10H,3H2,1-2H3,(H2,16,17,19). The molecule has 0 spiro atoms. The van der Waals surface area contributed by atoms with Crippen molar-refractivity contribution in [1.29, 1.82) is 0 Å². The van der Waals surface area contributed by atoms with Gasteiger partial charge < -0.3 is 5.32 Å². The van der Waals surface area contributed by atoms with Gasteiger partial charge in [0.1, 0.15) is 12.7 Å². The molecule has 2 N–H and O–H groups in total. The molecule has 0 aliphatic rings. The Morgan fingerprint density at radius 1 is 1.26 bits per heavy atom. The first kappa shape index (κ1) is 13.5. The highest BCUT2D eigenvalue weighted by molar-refractivity contribution is 7.80. The van der Waals surface area contributed by atoms with Gasteiger partial charge in [-0.15, -0.1) is 10.2 Å². The molecule has 0 radical (unpaired) electrons. The molecule has 0 saturated carbocycles. The van der Waals surface area contributed by atoms with Crippen molar-refractivity contribution in [3.05, 3.63) is 42.5 Å². The molecule has 1 aromatic heterocycles. The second kappa shape index (κ2) is 6.29. The molecule has 0 aliphatic carbocycles. The van der Waals surface area contributed by atoms with E-state index in [1.807, 2.05) is 12.1 Å². The Kier molecular flexibility index (Phi) is 4.46. The van der Waals surface area contributed by atoms with E-state index in [0.717, 1.165) is 12.1 Å². The van der Waals surface area contributed by atoms with E-state index in [-0.39, 0.29) is 0 Å². The van der Waals surface area contributed by atoms with Crippen molar-refractivity contribution in [3.63, 3.8) is 0 Å². The number of aromatic nitrogens is 3. The maximum atomic E-state index is 5.19. The lowest BCUT2D eigenvalue weighted by molar-refractivity contribution is 0.734. The van der Waals surface area contributed by atoms with Crippen LogP contribution in [0, 0.1) is 0 Å². The van der Waals surface area contributed by atoms with Crippen LogP contribution in [0.25, 0.3) is 0 Å². The lowest BCUT2D eigenvalue weighted by Gasteiger charge is -2.12. The highest BCUT2D eigenvalue weighted by Gasteiger charge is 2.03. The Hall–Kier alpha value is -1.95. The summed E-state index contributed by atoms with van der Waals surface area (Å²) in [4.78, 5) is 0. The maximum Gasteiger partial charge on any atom is 0.190 e. The molecule has 0 fully saturated rings. The first-order valence-corrected chi connectivity index (χ1v) is 6.62. The number of nitrogens with zero attached hydrogens (tertiary/aromatic N) is 3. The summed E-state index contributed by atoms with van der Waals surface area (Å²) in [5, 5.41) is 11.0. The second-order valence-electron chi connectivity index (χ2n) is 4.37. The average molecular weight is 275 g/mol. The summed E-state index contributed by atoms with van der Waals surface area (Å²) in [6.07, 6.45) is 4.22. The van der Waals surface area contributed by atoms with Gasteiger partial charge in [-0.1, -0.05) is 26.0 Å². The Labute approximate surface area is 118 Å². The van der Waals surface area contributed by atoms with Gasteiger partial charge in [-0.25, -0.2) is 4.68 Å². The van der Waals surface area contributed by atoms with Gasteiger partial charge in [-0.3, -0.25) is 5.43 Å². The third-order valence-corrected chi connectivity index (χ3v) is 3.19. The van der Waals surface area contributed by atoms with Crippen LogP contribution in [0.1, 0.15) is 31.7 Å². The molecule has 1 aromatic carbocycles. The highest BCUT2D eigenvalue weighted by Crippen LogP contribution is 2.20. The molecule has 0 bridgehead atoms. The third-order valence-electron chi connectivity index (χ3n) is 3.00. The zero-order valence-electron chi connectivity index (χ0n) is 11.0. The van der Waals surface area contributed by atoms with Crippen LogP contribution in [-0.4, -0.2) is 20.0 Å². The molecule has 2 aromatic rings. The summed E-state index contributed by atoms with van der Waals surface area (Å²) in [5.41, 5.74) is 5.23. The molecule has 0 saturated heterocycles. The van der Waals surface area contributed by atoms with E-state index in [1.54, 1.807) is 17.3 Å². The Morgan fingerprint density at radius 3 is 2.47 bits per heavy atom. The van der Waals surface area contributed by atoms with Crippen LogP contribution in [0.4, 0.5) is 5.69 Å². The number of thiocarbonyl (C=S) groups is 1. The molecule has 5 nitrogen and oxygen atoms in total. The zero-order chi connectivity index (χ0) is 13.7. The second-order valence-corrected chi connectivity index (χ2v) is 4.77. The molecule has 19 heavy (non-hydrogen) atoms. The summed E-state index contributed by atoms with van der Waals surface area (Å²) in [6, 6.07) is 8.30. The predicted octanol–water partition coefficient (Wildman–Crippen LogP) is 2.73. The molecule has 1 heterocycles. The van der Waals surface area contributed by atoms with E-state index < -0.39 is 0 Å². The molecule has 100 valence electrons. The number of nitrogens with one attached hydrogen (secondary N) is 2. The number of hydrogen-bond acceptors (Lipinski definition) is 3. The quantitative estimate of drug-likeness (QED) is 0.840. The topological polar surface area (TPSA) is 54.8 Å². The number of rotatable bonds is 4. The van der Waals surface area contributed by atoms with Crippen molar-refractivity contribution in [2.75, 3.05) is 10.7 Å². The van der Waals surface area contributed by atoms with Crippen LogP contribution in [-0.2, 0) is 0 Å². The first-order valence-electron chi connectivity index (χ1n) is 6.21. The Morgan fingerprint density at radius 2 is 1.89 bits per heavy atom. The van der Waals surface area contributed by atoms with E-state index >= 15 is 0 Å². The summed E-state index contributed by atoms with van der Waals surface area (Å²) < 4.78 is 1.59. The fourth-order valence-electron chi connectivity index (χ4n) is 1.67. The van der Waals surface area contributed by atoms with Crippen LogP contribution < -0.4 is 10.7 Å². The maximum absolute atomic E-state index is 5.19. The van der Waals surface area contributed by atoms with Gasteiger partial charge in [0.15, 0.2) is 5.11 Å². The summed E-state index contributed by atoms with van der Waals surface area (Å²) in [6.45, 7) is 4.41. The van der Waals surface area contributed by atoms with Crippen molar-refractivity contribution in [2.24, 2.45) is 0 Å². The Balaban J connectivity index is 1.94. The van der Waals surface area contributed by atoms with Gasteiger partial charge in [-0.05, 0) is 42.3 Å². The van der Waals surface area contributed by atoms with E-state index in [2.05, 4.69) is 46.9 Å². The van der Waals surface area contributed by atoms with Gasteiger partial charge in [0.2, 0.25) is 0 Å². The first-order chi connectivity index (χ1) is 9.19. The summed E-state index contributed by atoms with van der Waals surface area (Å²) in [7, 11) is 0. The smallest absolute Gasteiger partial charge is 0.190 e. The number of hydrogen-bond donors (Lipinski definition) is 2. The van der Waals surface area contributed by atoms with Gasteiger partial charge >= 0.3 is 0 Å². The van der Waals surface area contributed by atoms with Gasteiger partial charge in [0, 0.05) is 5.69 Å². The van der Waals surface area contributed by atoms with E-state index in [0.29, 0.717) is 11.0 Å². The third kappa shape index (κ3) is 3.75. The van der Waals surface area contributed by atoms with Crippen LogP contribution in [0.5, 0.6) is 0 Å². The summed E-state index contributed by atoms with van der Waals surface area (Å²) >= 11 is 5.19. The van der Waals surface area contributed by atoms with E-state index in [4.69, 9.17) is 12.2 Å². The number of benzene rings is 1. The van der Waals surface area contributed by atoms with Crippen molar-refractivity contribution in [1.82, 2.24) is 14.9 Å². The lowest BCUT2D eigenvalue weighted by atomic mass is 9.99. The SMILES string of the molecule is CCC(C)c1ccc(NC(=S)Nn2cnnc2)cc1. The highest BCUT2D eigenvalue weighted by atomic mass is 32.1. The summed E-state index contributed by atoms with van der Waals surface area (Å²) in [5.74, 6) is 0.580. The fraction of sp³-hybridized carbons (Fsp3) is 0.308. The van der Waals surface area contributed by atoms with Crippen molar-refractivity contribution in [3.8, 4) is 0 Å². The largest absolute Gasteiger partial charge is 0.331 e. The molecule has 2 rings (SSSR count). The lowest BCUT2D eigenvalue weighted by Crippen LogP contribution is -2.26. The van der Waals surface area contributed by atoms with E-state index in [9.17, 15) is 0 Å². The van der Waals surface area contributed by atoms with Crippen LogP contribution in [0.3, 0.4) is 0 Å². The molecule has 1 atom stereocenters. The molecular formula is C13H17N5S. The van der Waals surface area contributed by atoms with Crippen molar-refractivity contribution < 1.29 is 0 Å². The van der Waals surface area contributed by atoms with Crippen LogP contribution in [0.2, 0.25) is 0 Å². The van der Waals surface area contributed by atoms with Gasteiger partial charge in [0.05, 0.1) is 0 Å². The normalized spacial score (nSPS) is 11.9. The predicted molar refractivity (Wildman–Crippen MR) is 80.8 cm³/mol. The Bertz CT molecular complexity index is 520. The average Bonchev–Trinajstić information content (AvgIpc) is 2.91. The molecular weight excluding hydrogens is 258 g/mol. The van der Waals surface area contributed by atoms with Gasteiger partial charge in [-0.2, -0.15) is 0 Å². The number of anilines is 1. The minimum Gasteiger partial charge on any atom is -0.331 e. The van der Waals surface area contributed by atoms with Crippen molar-refractivity contribution in [2.45, 2.75) is 26.2 Å². The minimum absolute atomic E-state index is 0.496. The van der Waals surface area contributed by atoms with Gasteiger partial charge in [0.25, 0.3) is 0 Å². The monoisotopic (exact) mass is 275 g/mol. The minimum atomic E-state index is 0.496. The van der Waals surface area contributed by atoms with Crippen LogP contribution in [0.15, 0.2) is 36.9 Å². The zero-order valence-corrected chi connectivity index (χ0v) is 11.8.